The van der Waals surface area contributed by atoms with Crippen molar-refractivity contribution < 1.29 is 23.4 Å². The lowest BCUT2D eigenvalue weighted by Crippen LogP contribution is -2.58. The molecule has 1 aromatic carbocycles. The maximum absolute atomic E-state index is 12.8. The zero-order chi connectivity index (χ0) is 13.8. The number of aliphatic hydroxyl groups is 2. The molecule has 0 amide bonds. The molecule has 0 unspecified atom stereocenters. The number of nitrogens with one attached hydrogen (secondary N) is 1. The van der Waals surface area contributed by atoms with Crippen molar-refractivity contribution in [1.29, 1.82) is 0 Å². The van der Waals surface area contributed by atoms with E-state index in [9.17, 15) is 18.3 Å². The molecule has 3 N–H and O–H groups in total. The van der Waals surface area contributed by atoms with Gasteiger partial charge in [0, 0.05) is 0 Å². The summed E-state index contributed by atoms with van der Waals surface area (Å²) in [4.78, 5) is 0. The van der Waals surface area contributed by atoms with Gasteiger partial charge in [-0.05, 0) is 12.5 Å². The summed E-state index contributed by atoms with van der Waals surface area (Å²) >= 11 is 0. The Morgan fingerprint density at radius 1 is 1.17 bits per heavy atom. The summed E-state index contributed by atoms with van der Waals surface area (Å²) in [6.45, 7) is -0.728. The highest BCUT2D eigenvalue weighted by Crippen LogP contribution is 2.32. The summed E-state index contributed by atoms with van der Waals surface area (Å²) in [5.41, 5.74) is -1.92. The van der Waals surface area contributed by atoms with E-state index in [4.69, 9.17) is 5.11 Å². The van der Waals surface area contributed by atoms with Gasteiger partial charge >= 0.3 is 6.18 Å². The normalized spacial score (nSPS) is 17.2. The van der Waals surface area contributed by atoms with Crippen molar-refractivity contribution in [2.45, 2.75) is 24.7 Å². The Balaban J connectivity index is 2.92. The molecule has 0 fully saturated rings. The lowest BCUT2D eigenvalue weighted by molar-refractivity contribution is -0.204. The number of rotatable bonds is 5. The summed E-state index contributed by atoms with van der Waals surface area (Å²) in [6.07, 6.45) is -4.61. The van der Waals surface area contributed by atoms with Crippen molar-refractivity contribution in [3.63, 3.8) is 0 Å². The van der Waals surface area contributed by atoms with Crippen LogP contribution in [0.5, 0.6) is 0 Å². The van der Waals surface area contributed by atoms with Crippen LogP contribution in [0.25, 0.3) is 0 Å². The monoisotopic (exact) mass is 263 g/mol. The maximum atomic E-state index is 12.8. The van der Waals surface area contributed by atoms with Crippen LogP contribution in [0, 0.1) is 0 Å². The third-order valence-corrected chi connectivity index (χ3v) is 2.82. The van der Waals surface area contributed by atoms with Crippen LogP contribution in [-0.4, -0.2) is 35.1 Å². The topological polar surface area (TPSA) is 52.5 Å². The Morgan fingerprint density at radius 2 is 1.72 bits per heavy atom. The predicted octanol–water partition coefficient (Wildman–Crippen LogP) is 1.62. The standard InChI is InChI=1S/C12H16F3NO2/c1-11(8-18,12(13,14)15)16-10(7-17)9-5-3-2-4-6-9/h2-6,10,16-18H,7-8H2,1H3/t10-,11+/m1/s1. The van der Waals surface area contributed by atoms with Gasteiger partial charge in [-0.2, -0.15) is 13.2 Å². The second-order valence-electron chi connectivity index (χ2n) is 4.28. The number of aliphatic hydroxyl groups excluding tert-OH is 2. The van der Waals surface area contributed by atoms with E-state index in [0.717, 1.165) is 6.92 Å². The molecule has 18 heavy (non-hydrogen) atoms. The molecule has 0 aliphatic heterocycles. The second kappa shape index (κ2) is 5.69. The third-order valence-electron chi connectivity index (χ3n) is 2.82. The average Bonchev–Trinajstić information content (AvgIpc) is 2.35. The van der Waals surface area contributed by atoms with Gasteiger partial charge < -0.3 is 10.2 Å². The Bertz CT molecular complexity index is 369. The van der Waals surface area contributed by atoms with E-state index in [2.05, 4.69) is 5.32 Å². The van der Waals surface area contributed by atoms with Crippen LogP contribution in [0.2, 0.25) is 0 Å². The lowest BCUT2D eigenvalue weighted by atomic mass is 9.98. The molecule has 0 saturated heterocycles. The van der Waals surface area contributed by atoms with Crippen molar-refractivity contribution in [3.8, 4) is 0 Å². The fourth-order valence-corrected chi connectivity index (χ4v) is 1.52. The first-order chi connectivity index (χ1) is 8.34. The molecule has 0 aromatic heterocycles. The number of halogens is 3. The predicted molar refractivity (Wildman–Crippen MR) is 61.0 cm³/mol. The minimum Gasteiger partial charge on any atom is -0.394 e. The summed E-state index contributed by atoms with van der Waals surface area (Å²) < 4.78 is 38.4. The Morgan fingerprint density at radius 3 is 2.11 bits per heavy atom. The van der Waals surface area contributed by atoms with Crippen LogP contribution in [0.1, 0.15) is 18.5 Å². The molecule has 0 heterocycles. The first-order valence-electron chi connectivity index (χ1n) is 5.45. The van der Waals surface area contributed by atoms with E-state index in [1.807, 2.05) is 0 Å². The van der Waals surface area contributed by atoms with Gasteiger partial charge in [0.1, 0.15) is 5.54 Å². The Kier molecular flexibility index (Phi) is 4.72. The minimum absolute atomic E-state index is 0.490. The van der Waals surface area contributed by atoms with Gasteiger partial charge in [0.25, 0.3) is 0 Å². The Hall–Kier alpha value is -1.11. The fraction of sp³-hybridized carbons (Fsp3) is 0.500. The van der Waals surface area contributed by atoms with Crippen molar-refractivity contribution in [2.75, 3.05) is 13.2 Å². The number of hydrogen-bond donors (Lipinski definition) is 3. The van der Waals surface area contributed by atoms with Gasteiger partial charge in [0.05, 0.1) is 19.3 Å². The van der Waals surface area contributed by atoms with Crippen LogP contribution in [-0.2, 0) is 0 Å². The van der Waals surface area contributed by atoms with Gasteiger partial charge in [-0.15, -0.1) is 0 Å². The van der Waals surface area contributed by atoms with Gasteiger partial charge in [-0.1, -0.05) is 30.3 Å². The lowest BCUT2D eigenvalue weighted by Gasteiger charge is -2.34. The van der Waals surface area contributed by atoms with E-state index in [1.54, 1.807) is 30.3 Å². The third kappa shape index (κ3) is 3.22. The molecule has 2 atom stereocenters. The van der Waals surface area contributed by atoms with E-state index in [0.29, 0.717) is 5.56 Å². The van der Waals surface area contributed by atoms with E-state index < -0.39 is 31.0 Å². The van der Waals surface area contributed by atoms with Crippen LogP contribution in [0.4, 0.5) is 13.2 Å². The van der Waals surface area contributed by atoms with E-state index in [1.165, 1.54) is 0 Å². The molecule has 3 nitrogen and oxygen atoms in total. The van der Waals surface area contributed by atoms with Crippen molar-refractivity contribution >= 4 is 0 Å². The summed E-state index contributed by atoms with van der Waals surface area (Å²) in [7, 11) is 0. The SMILES string of the molecule is C[C@@](CO)(N[C@H](CO)c1ccccc1)C(F)(F)F. The molecule has 0 aliphatic rings. The molecule has 0 radical (unpaired) electrons. The van der Waals surface area contributed by atoms with Crippen LogP contribution in [0.3, 0.4) is 0 Å². The van der Waals surface area contributed by atoms with Crippen molar-refractivity contribution in [1.82, 2.24) is 5.32 Å². The molecular formula is C12H16F3NO2. The van der Waals surface area contributed by atoms with Crippen molar-refractivity contribution in [3.05, 3.63) is 35.9 Å². The summed E-state index contributed by atoms with van der Waals surface area (Å²) in [5.74, 6) is 0. The first kappa shape index (κ1) is 14.9. The average molecular weight is 263 g/mol. The van der Waals surface area contributed by atoms with Crippen LogP contribution >= 0.6 is 0 Å². The quantitative estimate of drug-likeness (QED) is 0.756. The molecule has 0 aliphatic carbocycles. The van der Waals surface area contributed by atoms with Gasteiger partial charge in [-0.25, -0.2) is 0 Å². The molecular weight excluding hydrogens is 247 g/mol. The number of alkyl halides is 3. The van der Waals surface area contributed by atoms with Gasteiger partial charge in [-0.3, -0.25) is 5.32 Å². The van der Waals surface area contributed by atoms with E-state index >= 15 is 0 Å². The fourth-order valence-electron chi connectivity index (χ4n) is 1.52. The molecule has 102 valence electrons. The largest absolute Gasteiger partial charge is 0.408 e. The molecule has 1 aromatic rings. The number of benzene rings is 1. The maximum Gasteiger partial charge on any atom is 0.408 e. The Labute approximate surface area is 103 Å². The molecule has 0 bridgehead atoms. The number of hydrogen-bond acceptors (Lipinski definition) is 3. The highest BCUT2D eigenvalue weighted by Gasteiger charge is 2.51. The van der Waals surface area contributed by atoms with Crippen molar-refractivity contribution in [2.24, 2.45) is 0 Å². The highest BCUT2D eigenvalue weighted by molar-refractivity contribution is 5.19. The minimum atomic E-state index is -4.61. The molecule has 1 rings (SSSR count). The smallest absolute Gasteiger partial charge is 0.394 e. The zero-order valence-corrected chi connectivity index (χ0v) is 9.91. The van der Waals surface area contributed by atoms with Gasteiger partial charge in [0.2, 0.25) is 0 Å². The molecule has 0 spiro atoms. The highest BCUT2D eigenvalue weighted by atomic mass is 19.4. The summed E-state index contributed by atoms with van der Waals surface area (Å²) in [6, 6.07) is 7.41. The second-order valence-corrected chi connectivity index (χ2v) is 4.28. The zero-order valence-electron chi connectivity index (χ0n) is 9.91. The first-order valence-corrected chi connectivity index (χ1v) is 5.45. The molecule has 0 saturated carbocycles. The molecule has 6 heteroatoms. The van der Waals surface area contributed by atoms with Crippen LogP contribution < -0.4 is 5.32 Å². The van der Waals surface area contributed by atoms with E-state index in [-0.39, 0.29) is 0 Å². The van der Waals surface area contributed by atoms with Gasteiger partial charge in [0.15, 0.2) is 0 Å². The van der Waals surface area contributed by atoms with Crippen LogP contribution in [0.15, 0.2) is 30.3 Å². The summed E-state index contributed by atoms with van der Waals surface area (Å²) in [5, 5.41) is 20.4.